The normalized spacial score (nSPS) is 23.4. The molecular formula is C8H12O6. The second kappa shape index (κ2) is 4.30. The minimum atomic E-state index is -1.21. The molecule has 6 heteroatoms. The van der Waals surface area contributed by atoms with Crippen LogP contribution in [0.4, 0.5) is 0 Å². The lowest BCUT2D eigenvalue weighted by atomic mass is 10.2. The lowest BCUT2D eigenvalue weighted by Crippen LogP contribution is -2.32. The molecule has 2 atom stereocenters. The minimum Gasteiger partial charge on any atom is -0.493 e. The van der Waals surface area contributed by atoms with Crippen molar-refractivity contribution in [3.05, 3.63) is 11.5 Å². The summed E-state index contributed by atoms with van der Waals surface area (Å²) in [6.07, 6.45) is -2.20. The van der Waals surface area contributed by atoms with E-state index in [1.54, 1.807) is 0 Å². The van der Waals surface area contributed by atoms with Gasteiger partial charge in [-0.15, -0.1) is 0 Å². The van der Waals surface area contributed by atoms with E-state index in [1.807, 2.05) is 0 Å². The van der Waals surface area contributed by atoms with E-state index in [0.29, 0.717) is 0 Å². The van der Waals surface area contributed by atoms with Gasteiger partial charge in [0.1, 0.15) is 6.10 Å². The Bertz CT molecular complexity index is 259. The largest absolute Gasteiger partial charge is 0.493 e. The molecule has 0 aliphatic carbocycles. The average Bonchev–Trinajstić information content (AvgIpc) is 2.53. The van der Waals surface area contributed by atoms with Crippen molar-refractivity contribution in [2.45, 2.75) is 12.2 Å². The molecule has 0 spiro atoms. The molecule has 1 aliphatic rings. The standard InChI is InChI=1S/C8H12O6/c1-12-6-5(4(10)3-9)14-8(11)7(6)13-2/h4-5,9-10H,3H2,1-2H3/t4-,5-/m0/s1. The fourth-order valence-electron chi connectivity index (χ4n) is 1.19. The predicted octanol–water partition coefficient (Wildman–Crippen LogP) is -1.23. The Hall–Kier alpha value is -1.27. The van der Waals surface area contributed by atoms with Crippen LogP contribution in [0.1, 0.15) is 0 Å². The molecule has 0 saturated carbocycles. The molecule has 0 aromatic heterocycles. The van der Waals surface area contributed by atoms with Crippen molar-refractivity contribution in [3.63, 3.8) is 0 Å². The summed E-state index contributed by atoms with van der Waals surface area (Å²) in [4.78, 5) is 11.1. The van der Waals surface area contributed by atoms with Crippen molar-refractivity contribution in [2.24, 2.45) is 0 Å². The van der Waals surface area contributed by atoms with E-state index in [4.69, 9.17) is 19.3 Å². The van der Waals surface area contributed by atoms with Crippen LogP contribution in [0, 0.1) is 0 Å². The zero-order valence-corrected chi connectivity index (χ0v) is 7.89. The second-order valence-corrected chi connectivity index (χ2v) is 2.68. The molecule has 6 nitrogen and oxygen atoms in total. The van der Waals surface area contributed by atoms with Crippen LogP contribution >= 0.6 is 0 Å². The summed E-state index contributed by atoms with van der Waals surface area (Å²) in [5.41, 5.74) is 0. The number of cyclic esters (lactones) is 1. The van der Waals surface area contributed by atoms with Gasteiger partial charge in [0, 0.05) is 0 Å². The van der Waals surface area contributed by atoms with E-state index in [1.165, 1.54) is 14.2 Å². The van der Waals surface area contributed by atoms with Gasteiger partial charge in [0.15, 0.2) is 11.9 Å². The highest BCUT2D eigenvalue weighted by Gasteiger charge is 2.40. The fourth-order valence-corrected chi connectivity index (χ4v) is 1.19. The third-order valence-electron chi connectivity index (χ3n) is 1.86. The highest BCUT2D eigenvalue weighted by molar-refractivity contribution is 5.89. The van der Waals surface area contributed by atoms with Crippen LogP contribution in [0.5, 0.6) is 0 Å². The summed E-state index contributed by atoms with van der Waals surface area (Å²) in [6.45, 7) is -0.526. The van der Waals surface area contributed by atoms with E-state index in [-0.39, 0.29) is 11.5 Å². The first-order valence-electron chi connectivity index (χ1n) is 3.97. The Morgan fingerprint density at radius 2 is 2.14 bits per heavy atom. The van der Waals surface area contributed by atoms with E-state index < -0.39 is 24.8 Å². The number of aliphatic hydroxyl groups is 2. The highest BCUT2D eigenvalue weighted by atomic mass is 16.6. The Morgan fingerprint density at radius 3 is 2.57 bits per heavy atom. The zero-order valence-electron chi connectivity index (χ0n) is 7.89. The average molecular weight is 204 g/mol. The summed E-state index contributed by atoms with van der Waals surface area (Å²) < 4.78 is 14.3. The molecule has 80 valence electrons. The third kappa shape index (κ3) is 1.66. The number of methoxy groups -OCH3 is 2. The number of carbonyl (C=O) groups is 1. The van der Waals surface area contributed by atoms with Crippen molar-refractivity contribution < 1.29 is 29.2 Å². The molecule has 0 fully saturated rings. The molecule has 0 saturated heterocycles. The van der Waals surface area contributed by atoms with Crippen LogP contribution in [0.3, 0.4) is 0 Å². The molecule has 1 rings (SSSR count). The Kier molecular flexibility index (Phi) is 3.32. The maximum absolute atomic E-state index is 11.1. The summed E-state index contributed by atoms with van der Waals surface area (Å²) >= 11 is 0. The first-order chi connectivity index (χ1) is 6.65. The first-order valence-corrected chi connectivity index (χ1v) is 3.97. The van der Waals surface area contributed by atoms with Gasteiger partial charge >= 0.3 is 5.97 Å². The molecule has 1 heterocycles. The molecule has 2 N–H and O–H groups in total. The van der Waals surface area contributed by atoms with Crippen molar-refractivity contribution in [1.82, 2.24) is 0 Å². The van der Waals surface area contributed by atoms with Crippen molar-refractivity contribution >= 4 is 5.97 Å². The molecule has 0 bridgehead atoms. The number of aliphatic hydroxyl groups excluding tert-OH is 2. The van der Waals surface area contributed by atoms with Crippen LogP contribution in [-0.2, 0) is 19.0 Å². The van der Waals surface area contributed by atoms with Gasteiger partial charge < -0.3 is 24.4 Å². The predicted molar refractivity (Wildman–Crippen MR) is 44.0 cm³/mol. The third-order valence-corrected chi connectivity index (χ3v) is 1.86. The topological polar surface area (TPSA) is 85.2 Å². The highest BCUT2D eigenvalue weighted by Crippen LogP contribution is 2.25. The first kappa shape index (κ1) is 10.8. The number of esters is 1. The van der Waals surface area contributed by atoms with E-state index in [2.05, 4.69) is 0 Å². The zero-order chi connectivity index (χ0) is 10.7. The number of carbonyl (C=O) groups excluding carboxylic acids is 1. The number of hydrogen-bond acceptors (Lipinski definition) is 6. The van der Waals surface area contributed by atoms with Gasteiger partial charge in [0.05, 0.1) is 20.8 Å². The quantitative estimate of drug-likeness (QED) is 0.558. The van der Waals surface area contributed by atoms with E-state index in [0.717, 1.165) is 0 Å². The van der Waals surface area contributed by atoms with Crippen molar-refractivity contribution in [2.75, 3.05) is 20.8 Å². The molecule has 14 heavy (non-hydrogen) atoms. The van der Waals surface area contributed by atoms with Crippen LogP contribution < -0.4 is 0 Å². The van der Waals surface area contributed by atoms with Crippen molar-refractivity contribution in [1.29, 1.82) is 0 Å². The monoisotopic (exact) mass is 204 g/mol. The smallest absolute Gasteiger partial charge is 0.378 e. The van der Waals surface area contributed by atoms with Gasteiger partial charge in [-0.1, -0.05) is 0 Å². The van der Waals surface area contributed by atoms with E-state index >= 15 is 0 Å². The van der Waals surface area contributed by atoms with Crippen LogP contribution in [0.2, 0.25) is 0 Å². The lowest BCUT2D eigenvalue weighted by molar-refractivity contribution is -0.148. The Labute approximate surface area is 80.7 Å². The van der Waals surface area contributed by atoms with Crippen molar-refractivity contribution in [3.8, 4) is 0 Å². The molecular weight excluding hydrogens is 192 g/mol. The number of ether oxygens (including phenoxy) is 3. The minimum absolute atomic E-state index is 0.0787. The van der Waals surface area contributed by atoms with Crippen LogP contribution in [0.15, 0.2) is 11.5 Å². The molecule has 0 unspecified atom stereocenters. The summed E-state index contributed by atoms with van der Waals surface area (Å²) in [5, 5.41) is 18.0. The van der Waals surface area contributed by atoms with Gasteiger partial charge in [0.2, 0.25) is 5.76 Å². The molecule has 1 aliphatic heterocycles. The number of hydrogen-bond donors (Lipinski definition) is 2. The van der Waals surface area contributed by atoms with Gasteiger partial charge in [-0.25, -0.2) is 4.79 Å². The van der Waals surface area contributed by atoms with Crippen LogP contribution in [0.25, 0.3) is 0 Å². The number of rotatable bonds is 4. The molecule has 0 radical (unpaired) electrons. The van der Waals surface area contributed by atoms with E-state index in [9.17, 15) is 9.90 Å². The van der Waals surface area contributed by atoms with Gasteiger partial charge in [-0.05, 0) is 0 Å². The lowest BCUT2D eigenvalue weighted by Gasteiger charge is -2.16. The summed E-state index contributed by atoms with van der Waals surface area (Å²) in [6, 6.07) is 0. The van der Waals surface area contributed by atoms with Crippen LogP contribution in [-0.4, -0.2) is 49.2 Å². The molecule has 0 aromatic rings. The fraction of sp³-hybridized carbons (Fsp3) is 0.625. The second-order valence-electron chi connectivity index (χ2n) is 2.68. The Balaban J connectivity index is 2.92. The maximum atomic E-state index is 11.1. The molecule has 0 aromatic carbocycles. The van der Waals surface area contributed by atoms with Gasteiger partial charge in [0.25, 0.3) is 0 Å². The van der Waals surface area contributed by atoms with Gasteiger partial charge in [-0.3, -0.25) is 0 Å². The SMILES string of the molecule is COC1=C(OC)[C@H]([C@@H](O)CO)OC1=O. The molecule has 0 amide bonds. The summed E-state index contributed by atoms with van der Waals surface area (Å²) in [7, 11) is 2.62. The maximum Gasteiger partial charge on any atom is 0.378 e. The Morgan fingerprint density at radius 1 is 1.50 bits per heavy atom. The summed E-state index contributed by atoms with van der Waals surface area (Å²) in [5.74, 6) is -0.689. The van der Waals surface area contributed by atoms with Gasteiger partial charge in [-0.2, -0.15) is 0 Å².